The first-order chi connectivity index (χ1) is 29.3. The van der Waals surface area contributed by atoms with E-state index in [0.29, 0.717) is 53.0 Å². The minimum Gasteiger partial charge on any atom is -0.457 e. The summed E-state index contributed by atoms with van der Waals surface area (Å²) in [5.41, 5.74) is 2.72. The zero-order valence-corrected chi connectivity index (χ0v) is 37.3. The summed E-state index contributed by atoms with van der Waals surface area (Å²) in [4.78, 5) is 62.1. The molecule has 0 aromatic heterocycles. The van der Waals surface area contributed by atoms with Gasteiger partial charge in [0.2, 0.25) is 0 Å². The lowest BCUT2D eigenvalue weighted by Gasteiger charge is -2.31. The van der Waals surface area contributed by atoms with Gasteiger partial charge in [-0.1, -0.05) is 59.6 Å². The molecule has 2 heterocycles. The number of alkyl carbamates (subject to hydrolysis) is 1. The van der Waals surface area contributed by atoms with Gasteiger partial charge in [-0.25, -0.2) is 24.2 Å². The van der Waals surface area contributed by atoms with Crippen LogP contribution in [0.1, 0.15) is 86.2 Å². The van der Waals surface area contributed by atoms with Gasteiger partial charge in [0.15, 0.2) is 0 Å². The van der Waals surface area contributed by atoms with Crippen molar-refractivity contribution in [1.29, 1.82) is 0 Å². The summed E-state index contributed by atoms with van der Waals surface area (Å²) in [6.45, 7) is 13.2. The Labute approximate surface area is 372 Å². The molecular weight excluding hydrogens is 837 g/mol. The molecular formula is C46H53Cl2N5O9. The van der Waals surface area contributed by atoms with Crippen LogP contribution in [0.4, 0.5) is 21.0 Å². The van der Waals surface area contributed by atoms with Crippen molar-refractivity contribution in [3.8, 4) is 0 Å². The normalized spacial score (nSPS) is 13.8. The number of nitrogens with zero attached hydrogens (tertiary/aromatic N) is 4. The third kappa shape index (κ3) is 14.3. The van der Waals surface area contributed by atoms with E-state index >= 15 is 0 Å². The number of hydrogen-bond donors (Lipinski definition) is 1. The molecule has 2 aliphatic rings. The number of ether oxygens (including phenoxy) is 4. The van der Waals surface area contributed by atoms with Crippen LogP contribution in [0.2, 0.25) is 10.0 Å². The molecule has 2 fully saturated rings. The van der Waals surface area contributed by atoms with Crippen molar-refractivity contribution in [1.82, 2.24) is 15.3 Å². The van der Waals surface area contributed by atoms with E-state index in [-0.39, 0.29) is 25.7 Å². The standard InChI is InChI=1S/C24H28ClN3O5.C22H25ClN2O4/c1-24(2,3)33-23(31)26-15-21(29)28-13-5-12-27(28)20-7-4-6-18(14-20)22(30)32-16-17-8-10-19(25)11-9-17;1-22(2,3)29-21(27)25-13-5-12-24(25)19-7-4-6-17(14-19)20(26)28-15-16-8-10-18(23)11-9-16/h4,6-11,14H,5,12-13,15-16H2,1-3H3,(H,26,31);4,6-11,14H,5,12-13,15H2,1-3H3. The molecule has 2 aliphatic heterocycles. The van der Waals surface area contributed by atoms with Crippen molar-refractivity contribution in [2.24, 2.45) is 0 Å². The quantitative estimate of drug-likeness (QED) is 0.120. The van der Waals surface area contributed by atoms with Crippen LogP contribution < -0.4 is 15.3 Å². The maximum Gasteiger partial charge on any atom is 0.429 e. The van der Waals surface area contributed by atoms with Crippen LogP contribution >= 0.6 is 23.2 Å². The number of nitrogens with one attached hydrogen (secondary N) is 1. The monoisotopic (exact) mass is 889 g/mol. The second-order valence-electron chi connectivity index (χ2n) is 16.4. The molecule has 3 amide bonds. The lowest BCUT2D eigenvalue weighted by atomic mass is 10.2. The maximum atomic E-state index is 12.7. The van der Waals surface area contributed by atoms with Crippen molar-refractivity contribution in [2.75, 3.05) is 42.7 Å². The van der Waals surface area contributed by atoms with Gasteiger partial charge in [-0.3, -0.25) is 19.8 Å². The number of esters is 2. The molecule has 0 unspecified atom stereocenters. The van der Waals surface area contributed by atoms with Crippen molar-refractivity contribution in [2.45, 2.75) is 78.8 Å². The Hall–Kier alpha value is -5.99. The molecule has 16 heteroatoms. The average molecular weight is 891 g/mol. The smallest absolute Gasteiger partial charge is 0.429 e. The van der Waals surface area contributed by atoms with Gasteiger partial charge in [0.25, 0.3) is 5.91 Å². The minimum atomic E-state index is -0.646. The molecule has 6 rings (SSSR count). The van der Waals surface area contributed by atoms with Crippen LogP contribution in [0.3, 0.4) is 0 Å². The van der Waals surface area contributed by atoms with Gasteiger partial charge < -0.3 is 24.3 Å². The van der Waals surface area contributed by atoms with E-state index in [9.17, 15) is 24.0 Å². The van der Waals surface area contributed by atoms with Gasteiger partial charge in [0.1, 0.15) is 31.0 Å². The highest BCUT2D eigenvalue weighted by molar-refractivity contribution is 6.30. The van der Waals surface area contributed by atoms with Crippen LogP contribution in [0.15, 0.2) is 97.1 Å². The van der Waals surface area contributed by atoms with Crippen LogP contribution in [-0.4, -0.2) is 84.0 Å². The van der Waals surface area contributed by atoms with E-state index in [2.05, 4.69) is 5.32 Å². The zero-order chi connectivity index (χ0) is 45.0. The lowest BCUT2D eigenvalue weighted by molar-refractivity contribution is -0.129. The first-order valence-corrected chi connectivity index (χ1v) is 21.0. The van der Waals surface area contributed by atoms with Crippen LogP contribution in [0, 0.1) is 0 Å². The van der Waals surface area contributed by atoms with E-state index in [0.717, 1.165) is 29.7 Å². The Morgan fingerprint density at radius 2 is 1.02 bits per heavy atom. The Balaban J connectivity index is 0.000000236. The van der Waals surface area contributed by atoms with E-state index in [1.165, 1.54) is 0 Å². The summed E-state index contributed by atoms with van der Waals surface area (Å²) in [6, 6.07) is 28.2. The largest absolute Gasteiger partial charge is 0.457 e. The summed E-state index contributed by atoms with van der Waals surface area (Å²) in [7, 11) is 0. The number of hydrazine groups is 2. The SMILES string of the molecule is CC(C)(C)OC(=O)N1CCCN1c1cccc(C(=O)OCc2ccc(Cl)cc2)c1.CC(C)(C)OC(=O)NCC(=O)N1CCCN1c1cccc(C(=O)OCc2ccc(Cl)cc2)c1. The zero-order valence-electron chi connectivity index (χ0n) is 35.8. The first-order valence-electron chi connectivity index (χ1n) is 20.2. The average Bonchev–Trinajstić information content (AvgIpc) is 3.93. The van der Waals surface area contributed by atoms with E-state index in [4.69, 9.17) is 42.1 Å². The van der Waals surface area contributed by atoms with E-state index < -0.39 is 35.3 Å². The topological polar surface area (TPSA) is 147 Å². The van der Waals surface area contributed by atoms with Crippen molar-refractivity contribution in [3.63, 3.8) is 0 Å². The van der Waals surface area contributed by atoms with Gasteiger partial charge >= 0.3 is 24.1 Å². The fourth-order valence-corrected chi connectivity index (χ4v) is 6.54. The Kier molecular flexibility index (Phi) is 16.1. The molecule has 2 saturated heterocycles. The summed E-state index contributed by atoms with van der Waals surface area (Å²) in [5, 5.41) is 10.5. The molecule has 0 saturated carbocycles. The number of carbonyl (C=O) groups is 5. The van der Waals surface area contributed by atoms with Crippen LogP contribution in [0.5, 0.6) is 0 Å². The molecule has 330 valence electrons. The molecule has 1 N–H and O–H groups in total. The number of anilines is 2. The number of hydrogen-bond acceptors (Lipinski definition) is 11. The van der Waals surface area contributed by atoms with Gasteiger partial charge in [-0.05, 0) is 126 Å². The minimum absolute atomic E-state index is 0.130. The van der Waals surface area contributed by atoms with Crippen molar-refractivity contribution in [3.05, 3.63) is 129 Å². The number of rotatable bonds is 10. The highest BCUT2D eigenvalue weighted by Crippen LogP contribution is 2.26. The van der Waals surface area contributed by atoms with Gasteiger partial charge in [-0.2, -0.15) is 0 Å². The number of carbonyl (C=O) groups excluding carboxylic acids is 5. The Morgan fingerprint density at radius 3 is 1.47 bits per heavy atom. The van der Waals surface area contributed by atoms with Crippen LogP contribution in [0.25, 0.3) is 0 Å². The fraction of sp³-hybridized carbons (Fsp3) is 0.370. The second kappa shape index (κ2) is 21.2. The van der Waals surface area contributed by atoms with Gasteiger partial charge in [-0.15, -0.1) is 0 Å². The molecule has 0 bridgehead atoms. The number of amides is 3. The van der Waals surface area contributed by atoms with E-state index in [1.54, 1.807) is 109 Å². The third-order valence-electron chi connectivity index (χ3n) is 9.06. The van der Waals surface area contributed by atoms with E-state index in [1.807, 2.05) is 50.0 Å². The number of halogens is 2. The predicted molar refractivity (Wildman–Crippen MR) is 237 cm³/mol. The summed E-state index contributed by atoms with van der Waals surface area (Å²) >= 11 is 11.7. The molecule has 4 aromatic carbocycles. The van der Waals surface area contributed by atoms with Gasteiger partial charge in [0.05, 0.1) is 22.5 Å². The highest BCUT2D eigenvalue weighted by Gasteiger charge is 2.32. The Bertz CT molecular complexity index is 2190. The van der Waals surface area contributed by atoms with Crippen LogP contribution in [-0.2, 0) is 37.0 Å². The maximum absolute atomic E-state index is 12.7. The second-order valence-corrected chi connectivity index (χ2v) is 17.3. The lowest BCUT2D eigenvalue weighted by Crippen LogP contribution is -2.47. The molecule has 0 spiro atoms. The molecule has 62 heavy (non-hydrogen) atoms. The van der Waals surface area contributed by atoms with Crippen molar-refractivity contribution < 1.29 is 42.9 Å². The number of benzene rings is 4. The third-order valence-corrected chi connectivity index (χ3v) is 9.57. The predicted octanol–water partition coefficient (Wildman–Crippen LogP) is 9.23. The molecule has 0 aliphatic carbocycles. The first kappa shape index (κ1) is 47.1. The summed E-state index contributed by atoms with van der Waals surface area (Å²) in [6.07, 6.45) is 0.547. The van der Waals surface area contributed by atoms with Gasteiger partial charge in [0, 0.05) is 36.2 Å². The molecule has 14 nitrogen and oxygen atoms in total. The fourth-order valence-electron chi connectivity index (χ4n) is 6.29. The molecule has 0 radical (unpaired) electrons. The van der Waals surface area contributed by atoms with Crippen molar-refractivity contribution >= 4 is 64.6 Å². The molecule has 4 aromatic rings. The summed E-state index contributed by atoms with van der Waals surface area (Å²) in [5.74, 6) is -1.16. The molecule has 0 atom stereocenters. The Morgan fingerprint density at radius 1 is 0.581 bits per heavy atom. The summed E-state index contributed by atoms with van der Waals surface area (Å²) < 4.78 is 21.5. The highest BCUT2D eigenvalue weighted by atomic mass is 35.5.